The van der Waals surface area contributed by atoms with E-state index in [1.54, 1.807) is 0 Å². The minimum absolute atomic E-state index is 0.370. The van der Waals surface area contributed by atoms with E-state index in [0.717, 1.165) is 6.42 Å². The van der Waals surface area contributed by atoms with Gasteiger partial charge in [-0.1, -0.05) is 6.04 Å². The molecule has 1 heterocycles. The molecule has 1 fully saturated rings. The van der Waals surface area contributed by atoms with E-state index < -0.39 is 0 Å². The van der Waals surface area contributed by atoms with Crippen LogP contribution in [0, 0.1) is 0 Å². The Kier molecular flexibility index (Phi) is 3.25. The van der Waals surface area contributed by atoms with Crippen LogP contribution in [0.15, 0.2) is 0 Å². The summed E-state index contributed by atoms with van der Waals surface area (Å²) in [5.41, 5.74) is 0. The Labute approximate surface area is 57.9 Å². The molecule has 1 aliphatic rings. The van der Waals surface area contributed by atoms with Crippen LogP contribution in [-0.2, 0) is 0 Å². The third-order valence-corrected chi connectivity index (χ3v) is 5.13. The Bertz CT molecular complexity index is 73.5. The van der Waals surface area contributed by atoms with Crippen molar-refractivity contribution in [3.8, 4) is 0 Å². The van der Waals surface area contributed by atoms with Crippen LogP contribution in [0.3, 0.4) is 0 Å². The predicted octanol–water partition coefficient (Wildman–Crippen LogP) is -0.262. The highest BCUT2D eigenvalue weighted by Crippen LogP contribution is 2.05. The molecule has 1 atom stereocenters. The van der Waals surface area contributed by atoms with Gasteiger partial charge in [0.05, 0.1) is 8.80 Å². The number of hydrogen-bond donors (Lipinski definition) is 2. The van der Waals surface area contributed by atoms with Crippen molar-refractivity contribution in [2.45, 2.75) is 18.5 Å². The summed E-state index contributed by atoms with van der Waals surface area (Å²) in [5, 5.41) is 11.9. The lowest BCUT2D eigenvalue weighted by atomic mass is 10.5. The minimum atomic E-state index is -0.370. The van der Waals surface area contributed by atoms with E-state index in [1.165, 1.54) is 24.8 Å². The molecule has 1 saturated heterocycles. The first kappa shape index (κ1) is 7.25. The first-order valence-corrected chi connectivity index (χ1v) is 6.20. The summed E-state index contributed by atoms with van der Waals surface area (Å²) < 4.78 is 0. The molecule has 54 valence electrons. The molecule has 0 aromatic heterocycles. The lowest BCUT2D eigenvalue weighted by Gasteiger charge is -2.02. The average molecular weight is 145 g/mol. The van der Waals surface area contributed by atoms with Gasteiger partial charge < -0.3 is 10.4 Å². The Hall–Kier alpha value is 0.137. The van der Waals surface area contributed by atoms with Crippen molar-refractivity contribution in [2.75, 3.05) is 19.3 Å². The fourth-order valence-corrected chi connectivity index (χ4v) is 4.02. The molecule has 0 radical (unpaired) electrons. The molecule has 0 unspecified atom stereocenters. The van der Waals surface area contributed by atoms with E-state index in [2.05, 4.69) is 5.32 Å². The van der Waals surface area contributed by atoms with Gasteiger partial charge >= 0.3 is 0 Å². The van der Waals surface area contributed by atoms with Gasteiger partial charge in [0, 0.05) is 6.61 Å². The van der Waals surface area contributed by atoms with Gasteiger partial charge in [0.2, 0.25) is 0 Å². The first-order valence-electron chi connectivity index (χ1n) is 3.75. The molecule has 2 nitrogen and oxygen atoms in total. The molecule has 0 bridgehead atoms. The van der Waals surface area contributed by atoms with Crippen molar-refractivity contribution < 1.29 is 5.11 Å². The third kappa shape index (κ3) is 2.47. The number of nitrogens with one attached hydrogen (secondary N) is 1. The van der Waals surface area contributed by atoms with Crippen LogP contribution in [0.25, 0.3) is 0 Å². The van der Waals surface area contributed by atoms with E-state index in [1.807, 2.05) is 0 Å². The minimum Gasteiger partial charge on any atom is -0.396 e. The molecule has 1 rings (SSSR count). The summed E-state index contributed by atoms with van der Waals surface area (Å²) in [5.74, 6) is 0. The maximum absolute atomic E-state index is 8.53. The fourth-order valence-electron chi connectivity index (χ4n) is 1.34. The van der Waals surface area contributed by atoms with Crippen LogP contribution >= 0.6 is 0 Å². The predicted molar refractivity (Wildman–Crippen MR) is 41.3 cm³/mol. The van der Waals surface area contributed by atoms with Crippen LogP contribution in [-0.4, -0.2) is 33.2 Å². The van der Waals surface area contributed by atoms with Crippen molar-refractivity contribution in [1.29, 1.82) is 0 Å². The molecular weight excluding hydrogens is 130 g/mol. The molecule has 0 aromatic carbocycles. The molecule has 0 saturated carbocycles. The molecule has 0 spiro atoms. The second-order valence-electron chi connectivity index (χ2n) is 2.72. The summed E-state index contributed by atoms with van der Waals surface area (Å²) in [6.07, 6.45) is 2.35. The molecule has 2 N–H and O–H groups in total. The fraction of sp³-hybridized carbons (Fsp3) is 1.00. The van der Waals surface area contributed by atoms with Crippen molar-refractivity contribution in [3.63, 3.8) is 0 Å². The maximum Gasteiger partial charge on any atom is 0.0540 e. The largest absolute Gasteiger partial charge is 0.396 e. The van der Waals surface area contributed by atoms with Gasteiger partial charge in [0.25, 0.3) is 0 Å². The zero-order valence-electron chi connectivity index (χ0n) is 5.77. The van der Waals surface area contributed by atoms with Crippen LogP contribution in [0.4, 0.5) is 0 Å². The van der Waals surface area contributed by atoms with Crippen molar-refractivity contribution in [2.24, 2.45) is 0 Å². The zero-order valence-corrected chi connectivity index (χ0v) is 6.92. The SMILES string of the molecule is OCCC[Si@H]1CCNC1. The van der Waals surface area contributed by atoms with Gasteiger partial charge in [-0.3, -0.25) is 0 Å². The van der Waals surface area contributed by atoms with Crippen LogP contribution in [0.2, 0.25) is 12.1 Å². The average Bonchev–Trinajstić information content (AvgIpc) is 2.34. The number of aliphatic hydroxyl groups excluding tert-OH is 1. The normalized spacial score (nSPS) is 27.0. The summed E-state index contributed by atoms with van der Waals surface area (Å²) in [6.45, 7) is 1.63. The van der Waals surface area contributed by atoms with Crippen LogP contribution < -0.4 is 5.32 Å². The molecule has 9 heavy (non-hydrogen) atoms. The molecule has 0 aliphatic carbocycles. The lowest BCUT2D eigenvalue weighted by molar-refractivity contribution is 0.294. The third-order valence-electron chi connectivity index (χ3n) is 1.93. The summed E-state index contributed by atoms with van der Waals surface area (Å²) >= 11 is 0. The number of hydrogen-bond acceptors (Lipinski definition) is 2. The second-order valence-corrected chi connectivity index (χ2v) is 6.02. The topological polar surface area (TPSA) is 32.3 Å². The highest BCUT2D eigenvalue weighted by Gasteiger charge is 2.14. The highest BCUT2D eigenvalue weighted by atomic mass is 28.3. The van der Waals surface area contributed by atoms with E-state index in [-0.39, 0.29) is 8.80 Å². The maximum atomic E-state index is 8.53. The molecule has 1 aliphatic heterocycles. The number of aliphatic hydroxyl groups is 1. The van der Waals surface area contributed by atoms with E-state index in [0.29, 0.717) is 6.61 Å². The number of rotatable bonds is 3. The lowest BCUT2D eigenvalue weighted by Crippen LogP contribution is -2.17. The van der Waals surface area contributed by atoms with Gasteiger partial charge in [-0.2, -0.15) is 0 Å². The highest BCUT2D eigenvalue weighted by molar-refractivity contribution is 6.59. The van der Waals surface area contributed by atoms with Crippen molar-refractivity contribution in [1.82, 2.24) is 5.32 Å². The monoisotopic (exact) mass is 145 g/mol. The zero-order chi connectivity index (χ0) is 6.53. The van der Waals surface area contributed by atoms with E-state index in [9.17, 15) is 0 Å². The van der Waals surface area contributed by atoms with Gasteiger partial charge in [-0.25, -0.2) is 0 Å². The van der Waals surface area contributed by atoms with Gasteiger partial charge in [-0.05, 0) is 25.2 Å². The molecule has 3 heteroatoms. The Morgan fingerprint density at radius 3 is 3.00 bits per heavy atom. The molecule has 0 amide bonds. The first-order chi connectivity index (χ1) is 4.43. The quantitative estimate of drug-likeness (QED) is 0.536. The van der Waals surface area contributed by atoms with Gasteiger partial charge in [0.1, 0.15) is 0 Å². The standard InChI is InChI=1S/C6H15NOSi/c8-3-1-4-9-5-2-7-6-9/h7-9H,1-6H2/t9-/m0/s1. The van der Waals surface area contributed by atoms with Crippen molar-refractivity contribution >= 4 is 8.80 Å². The van der Waals surface area contributed by atoms with Gasteiger partial charge in [0.15, 0.2) is 0 Å². The molecular formula is C6H15NOSi. The van der Waals surface area contributed by atoms with Crippen LogP contribution in [0.5, 0.6) is 0 Å². The smallest absolute Gasteiger partial charge is 0.0540 e. The van der Waals surface area contributed by atoms with E-state index in [4.69, 9.17) is 5.11 Å². The summed E-state index contributed by atoms with van der Waals surface area (Å²) in [6, 6.07) is 2.78. The second kappa shape index (κ2) is 4.03. The van der Waals surface area contributed by atoms with E-state index >= 15 is 0 Å². The molecule has 0 aromatic rings. The summed E-state index contributed by atoms with van der Waals surface area (Å²) in [7, 11) is -0.370. The van der Waals surface area contributed by atoms with Crippen LogP contribution in [0.1, 0.15) is 6.42 Å². The Morgan fingerprint density at radius 2 is 2.44 bits per heavy atom. The van der Waals surface area contributed by atoms with Gasteiger partial charge in [-0.15, -0.1) is 0 Å². The Balaban J connectivity index is 1.98. The van der Waals surface area contributed by atoms with Crippen molar-refractivity contribution in [3.05, 3.63) is 0 Å². The Morgan fingerprint density at radius 1 is 1.56 bits per heavy atom. The summed E-state index contributed by atoms with van der Waals surface area (Å²) in [4.78, 5) is 0.